The lowest BCUT2D eigenvalue weighted by atomic mass is 9.93. The monoisotopic (exact) mass is 229 g/mol. The molecule has 0 aliphatic carbocycles. The van der Waals surface area contributed by atoms with Gasteiger partial charge in [0.25, 0.3) is 0 Å². The first-order valence-corrected chi connectivity index (χ1v) is 7.07. The second kappa shape index (κ2) is 11.4. The third-order valence-electron chi connectivity index (χ3n) is 3.10. The Morgan fingerprint density at radius 3 is 2.38 bits per heavy atom. The highest BCUT2D eigenvalue weighted by atomic mass is 16.5. The van der Waals surface area contributed by atoms with Gasteiger partial charge in [0.1, 0.15) is 0 Å². The van der Waals surface area contributed by atoms with Crippen molar-refractivity contribution in [2.75, 3.05) is 19.8 Å². The molecule has 0 heterocycles. The predicted molar refractivity (Wildman–Crippen MR) is 71.9 cm³/mol. The Labute approximate surface area is 102 Å². The van der Waals surface area contributed by atoms with E-state index in [1.54, 1.807) is 0 Å². The van der Waals surface area contributed by atoms with Gasteiger partial charge < -0.3 is 10.1 Å². The third-order valence-corrected chi connectivity index (χ3v) is 3.10. The van der Waals surface area contributed by atoms with Gasteiger partial charge in [-0.1, -0.05) is 27.2 Å². The van der Waals surface area contributed by atoms with Crippen LogP contribution in [-0.4, -0.2) is 25.8 Å². The average Bonchev–Trinajstić information content (AvgIpc) is 2.28. The van der Waals surface area contributed by atoms with Gasteiger partial charge in [-0.15, -0.1) is 0 Å². The Hall–Kier alpha value is -0.0800. The molecule has 2 nitrogen and oxygen atoms in total. The molecule has 0 radical (unpaired) electrons. The average molecular weight is 229 g/mol. The first-order valence-electron chi connectivity index (χ1n) is 7.07. The van der Waals surface area contributed by atoms with E-state index in [2.05, 4.69) is 33.0 Å². The van der Waals surface area contributed by atoms with Gasteiger partial charge in [0.15, 0.2) is 0 Å². The van der Waals surface area contributed by atoms with E-state index in [0.717, 1.165) is 25.7 Å². The minimum Gasteiger partial charge on any atom is -0.382 e. The van der Waals surface area contributed by atoms with Gasteiger partial charge >= 0.3 is 0 Å². The van der Waals surface area contributed by atoms with Crippen LogP contribution in [0.1, 0.15) is 59.8 Å². The molecule has 0 aliphatic rings. The van der Waals surface area contributed by atoms with Gasteiger partial charge in [0.2, 0.25) is 0 Å². The quantitative estimate of drug-likeness (QED) is 0.547. The van der Waals surface area contributed by atoms with Crippen LogP contribution in [-0.2, 0) is 4.74 Å². The summed E-state index contributed by atoms with van der Waals surface area (Å²) in [6.07, 6.45) is 6.28. The van der Waals surface area contributed by atoms with Crippen LogP contribution >= 0.6 is 0 Å². The Bertz CT molecular complexity index is 139. The predicted octanol–water partition coefficient (Wildman–Crippen LogP) is 3.61. The van der Waals surface area contributed by atoms with Gasteiger partial charge in [-0.05, 0) is 45.1 Å². The van der Waals surface area contributed by atoms with Crippen LogP contribution in [0.3, 0.4) is 0 Å². The second-order valence-electron chi connectivity index (χ2n) is 4.67. The van der Waals surface area contributed by atoms with E-state index in [4.69, 9.17) is 4.74 Å². The van der Waals surface area contributed by atoms with E-state index in [9.17, 15) is 0 Å². The minimum atomic E-state index is 0.681. The van der Waals surface area contributed by atoms with E-state index < -0.39 is 0 Å². The number of ether oxygens (including phenoxy) is 1. The Morgan fingerprint density at radius 1 is 1.06 bits per heavy atom. The fourth-order valence-corrected chi connectivity index (χ4v) is 2.12. The molecule has 0 fully saturated rings. The third kappa shape index (κ3) is 8.12. The molecule has 98 valence electrons. The minimum absolute atomic E-state index is 0.681. The molecule has 0 aliphatic heterocycles. The van der Waals surface area contributed by atoms with Crippen molar-refractivity contribution in [3.8, 4) is 0 Å². The summed E-state index contributed by atoms with van der Waals surface area (Å²) in [4.78, 5) is 0. The lowest BCUT2D eigenvalue weighted by Gasteiger charge is -2.25. The molecule has 0 bridgehead atoms. The van der Waals surface area contributed by atoms with E-state index in [-0.39, 0.29) is 0 Å². The van der Waals surface area contributed by atoms with Crippen LogP contribution in [0, 0.1) is 5.92 Å². The highest BCUT2D eigenvalue weighted by Crippen LogP contribution is 2.15. The van der Waals surface area contributed by atoms with E-state index in [0.29, 0.717) is 6.04 Å². The van der Waals surface area contributed by atoms with Gasteiger partial charge in [-0.2, -0.15) is 0 Å². The Kier molecular flexibility index (Phi) is 11.3. The first-order chi connectivity index (χ1) is 7.76. The van der Waals surface area contributed by atoms with E-state index in [1.807, 2.05) is 0 Å². The Morgan fingerprint density at radius 2 is 1.81 bits per heavy atom. The topological polar surface area (TPSA) is 21.3 Å². The molecule has 0 amide bonds. The molecule has 0 aromatic carbocycles. The second-order valence-corrected chi connectivity index (χ2v) is 4.67. The molecule has 2 unspecified atom stereocenters. The Balaban J connectivity index is 3.79. The largest absolute Gasteiger partial charge is 0.382 e. The summed E-state index contributed by atoms with van der Waals surface area (Å²) in [6.45, 7) is 11.8. The molecular formula is C14H31NO. The van der Waals surface area contributed by atoms with Crippen molar-refractivity contribution in [3.63, 3.8) is 0 Å². The number of hydrogen-bond acceptors (Lipinski definition) is 2. The maximum Gasteiger partial charge on any atom is 0.0466 e. The van der Waals surface area contributed by atoms with Crippen molar-refractivity contribution in [2.24, 2.45) is 5.92 Å². The fraction of sp³-hybridized carbons (Fsp3) is 1.00. The van der Waals surface area contributed by atoms with Crippen LogP contribution in [0.4, 0.5) is 0 Å². The number of nitrogens with one attached hydrogen (secondary N) is 1. The molecule has 2 heteroatoms. The van der Waals surface area contributed by atoms with Crippen LogP contribution in [0.15, 0.2) is 0 Å². The van der Waals surface area contributed by atoms with Crippen molar-refractivity contribution in [1.82, 2.24) is 5.32 Å². The normalized spacial score (nSPS) is 15.0. The van der Waals surface area contributed by atoms with Crippen LogP contribution in [0.5, 0.6) is 0 Å². The highest BCUT2D eigenvalue weighted by Gasteiger charge is 2.14. The molecule has 2 atom stereocenters. The van der Waals surface area contributed by atoms with Crippen molar-refractivity contribution in [2.45, 2.75) is 65.8 Å². The fourth-order valence-electron chi connectivity index (χ4n) is 2.12. The van der Waals surface area contributed by atoms with Gasteiger partial charge in [0.05, 0.1) is 0 Å². The number of hydrogen-bond donors (Lipinski definition) is 1. The molecule has 16 heavy (non-hydrogen) atoms. The first kappa shape index (κ1) is 15.9. The van der Waals surface area contributed by atoms with Crippen LogP contribution in [0.25, 0.3) is 0 Å². The van der Waals surface area contributed by atoms with Crippen molar-refractivity contribution < 1.29 is 4.74 Å². The summed E-state index contributed by atoms with van der Waals surface area (Å²) in [6, 6.07) is 0.681. The highest BCUT2D eigenvalue weighted by molar-refractivity contribution is 4.73. The summed E-state index contributed by atoms with van der Waals surface area (Å²) in [5.74, 6) is 0.790. The van der Waals surface area contributed by atoms with Crippen molar-refractivity contribution in [3.05, 3.63) is 0 Å². The zero-order valence-electron chi connectivity index (χ0n) is 11.7. The molecule has 1 N–H and O–H groups in total. The van der Waals surface area contributed by atoms with Gasteiger partial charge in [-0.3, -0.25) is 0 Å². The van der Waals surface area contributed by atoms with Crippen LogP contribution < -0.4 is 5.32 Å². The van der Waals surface area contributed by atoms with E-state index >= 15 is 0 Å². The molecular weight excluding hydrogens is 198 g/mol. The van der Waals surface area contributed by atoms with Crippen molar-refractivity contribution >= 4 is 0 Å². The smallest absolute Gasteiger partial charge is 0.0466 e. The van der Waals surface area contributed by atoms with Gasteiger partial charge in [-0.25, -0.2) is 0 Å². The summed E-state index contributed by atoms with van der Waals surface area (Å²) in [7, 11) is 0. The zero-order chi connectivity index (χ0) is 12.2. The standard InChI is InChI=1S/C14H31NO/c1-5-9-13(4)14(15-11-6-2)10-8-12-16-7-3/h13-15H,5-12H2,1-4H3. The summed E-state index contributed by atoms with van der Waals surface area (Å²) < 4.78 is 5.40. The molecule has 0 rings (SSSR count). The van der Waals surface area contributed by atoms with E-state index in [1.165, 1.54) is 32.1 Å². The van der Waals surface area contributed by atoms with Crippen LogP contribution in [0.2, 0.25) is 0 Å². The van der Waals surface area contributed by atoms with Crippen molar-refractivity contribution in [1.29, 1.82) is 0 Å². The maximum atomic E-state index is 5.40. The summed E-state index contributed by atoms with van der Waals surface area (Å²) >= 11 is 0. The lowest BCUT2D eigenvalue weighted by molar-refractivity contribution is 0.138. The summed E-state index contributed by atoms with van der Waals surface area (Å²) in [5, 5.41) is 3.68. The molecule has 0 saturated carbocycles. The lowest BCUT2D eigenvalue weighted by Crippen LogP contribution is -2.35. The SMILES string of the molecule is CCCNC(CCCOCC)C(C)CCC. The zero-order valence-corrected chi connectivity index (χ0v) is 11.7. The molecule has 0 aromatic heterocycles. The summed E-state index contributed by atoms with van der Waals surface area (Å²) in [5.41, 5.74) is 0. The maximum absolute atomic E-state index is 5.40. The molecule has 0 aromatic rings. The number of rotatable bonds is 11. The molecule has 0 saturated heterocycles. The molecule has 0 spiro atoms. The van der Waals surface area contributed by atoms with Gasteiger partial charge in [0, 0.05) is 19.3 Å².